The lowest BCUT2D eigenvalue weighted by Gasteiger charge is -2.19. The fraction of sp³-hybridized carbons (Fsp3) is 0.278. The molecule has 1 amide bonds. The van der Waals surface area contributed by atoms with Crippen molar-refractivity contribution in [1.82, 2.24) is 5.32 Å². The first kappa shape index (κ1) is 15.9. The summed E-state index contributed by atoms with van der Waals surface area (Å²) >= 11 is 0. The van der Waals surface area contributed by atoms with Crippen LogP contribution in [0.4, 0.5) is 11.4 Å². The Morgan fingerprint density at radius 2 is 1.95 bits per heavy atom. The van der Waals surface area contributed by atoms with E-state index in [1.807, 2.05) is 30.3 Å². The summed E-state index contributed by atoms with van der Waals surface area (Å²) in [5.74, 6) is -0.00778. The van der Waals surface area contributed by atoms with Crippen LogP contribution in [0.3, 0.4) is 0 Å². The van der Waals surface area contributed by atoms with Crippen molar-refractivity contribution in [2.24, 2.45) is 0 Å². The number of hydrogen-bond acceptors (Lipinski definition) is 3. The fourth-order valence-electron chi connectivity index (χ4n) is 2.21. The number of nitrogens with zero attached hydrogens (tertiary/aromatic N) is 1. The van der Waals surface area contributed by atoms with Crippen LogP contribution in [0.2, 0.25) is 0 Å². The maximum Gasteiger partial charge on any atom is 0.216 e. The van der Waals surface area contributed by atoms with Crippen LogP contribution >= 0.6 is 0 Å². The highest BCUT2D eigenvalue weighted by atomic mass is 16.1. The molecule has 1 radical (unpaired) electrons. The molecule has 0 unspecified atom stereocenters. The number of rotatable bonds is 7. The Hall–Kier alpha value is -2.49. The summed E-state index contributed by atoms with van der Waals surface area (Å²) in [5.41, 5.74) is 3.40. The predicted octanol–water partition coefficient (Wildman–Crippen LogP) is 2.67. The van der Waals surface area contributed by atoms with E-state index in [9.17, 15) is 4.79 Å². The van der Waals surface area contributed by atoms with Crippen molar-refractivity contribution in [1.29, 1.82) is 0 Å². The van der Waals surface area contributed by atoms with Gasteiger partial charge in [-0.2, -0.15) is 0 Å². The average molecular weight is 296 g/mol. The Morgan fingerprint density at radius 1 is 1.18 bits per heavy atom. The molecule has 22 heavy (non-hydrogen) atoms. The molecule has 0 saturated heterocycles. The van der Waals surface area contributed by atoms with Crippen molar-refractivity contribution in [3.8, 4) is 0 Å². The van der Waals surface area contributed by atoms with Crippen LogP contribution in [0.15, 0.2) is 48.5 Å². The third-order valence-electron chi connectivity index (χ3n) is 3.29. The molecule has 2 aromatic carbocycles. The van der Waals surface area contributed by atoms with Crippen LogP contribution in [0.1, 0.15) is 12.5 Å². The molecular weight excluding hydrogens is 274 g/mol. The van der Waals surface area contributed by atoms with Gasteiger partial charge in [0, 0.05) is 45.0 Å². The topological polar surface area (TPSA) is 44.4 Å². The highest BCUT2D eigenvalue weighted by Gasteiger charge is 2.02. The molecule has 0 spiro atoms. The molecule has 0 aliphatic carbocycles. The van der Waals surface area contributed by atoms with Crippen molar-refractivity contribution in [3.05, 3.63) is 60.2 Å². The molecule has 0 aromatic heterocycles. The smallest absolute Gasteiger partial charge is 0.216 e. The van der Waals surface area contributed by atoms with Gasteiger partial charge < -0.3 is 15.5 Å². The van der Waals surface area contributed by atoms with Gasteiger partial charge >= 0.3 is 0 Å². The third kappa shape index (κ3) is 5.13. The molecule has 2 rings (SSSR count). The summed E-state index contributed by atoms with van der Waals surface area (Å²) in [7, 11) is 2.08. The summed E-state index contributed by atoms with van der Waals surface area (Å²) in [5, 5.41) is 6.05. The van der Waals surface area contributed by atoms with E-state index >= 15 is 0 Å². The second-order valence-electron chi connectivity index (χ2n) is 5.23. The van der Waals surface area contributed by atoms with E-state index in [-0.39, 0.29) is 5.91 Å². The number of carbonyl (C=O) groups excluding carboxylic acids is 1. The SMILES string of the molecule is CC(=O)NCCNc1c[c]cc(CN(C)c2ccccc2)c1. The molecule has 0 fully saturated rings. The first-order chi connectivity index (χ1) is 10.6. The van der Waals surface area contributed by atoms with E-state index < -0.39 is 0 Å². The monoisotopic (exact) mass is 296 g/mol. The van der Waals surface area contributed by atoms with Gasteiger partial charge in [0.1, 0.15) is 0 Å². The molecule has 115 valence electrons. The Bertz CT molecular complexity index is 598. The minimum Gasteiger partial charge on any atom is -0.383 e. The van der Waals surface area contributed by atoms with Crippen LogP contribution < -0.4 is 15.5 Å². The quantitative estimate of drug-likeness (QED) is 0.772. The first-order valence-corrected chi connectivity index (χ1v) is 7.39. The van der Waals surface area contributed by atoms with Crippen molar-refractivity contribution in [2.75, 3.05) is 30.4 Å². The maximum atomic E-state index is 10.8. The second-order valence-corrected chi connectivity index (χ2v) is 5.23. The lowest BCUT2D eigenvalue weighted by Crippen LogP contribution is -2.26. The third-order valence-corrected chi connectivity index (χ3v) is 3.29. The number of amides is 1. The number of benzene rings is 2. The molecule has 0 bridgehead atoms. The van der Waals surface area contributed by atoms with Gasteiger partial charge in [-0.3, -0.25) is 4.79 Å². The Labute approximate surface area is 132 Å². The molecule has 0 saturated carbocycles. The summed E-state index contributed by atoms with van der Waals surface area (Å²) < 4.78 is 0. The highest BCUT2D eigenvalue weighted by molar-refractivity contribution is 5.72. The Kier molecular flexibility index (Phi) is 5.83. The zero-order valence-corrected chi connectivity index (χ0v) is 13.1. The van der Waals surface area contributed by atoms with E-state index in [4.69, 9.17) is 0 Å². The predicted molar refractivity (Wildman–Crippen MR) is 91.0 cm³/mol. The summed E-state index contributed by atoms with van der Waals surface area (Å²) in [6, 6.07) is 19.5. The number of para-hydroxylation sites is 1. The van der Waals surface area contributed by atoms with E-state index in [1.165, 1.54) is 18.2 Å². The molecule has 2 aromatic rings. The standard InChI is InChI=1S/C18H22N3O/c1-15(22)19-11-12-20-17-8-6-7-16(13-17)14-21(2)18-9-4-3-5-10-18/h3-5,7-10,13,20H,11-12,14H2,1-2H3,(H,19,22). The van der Waals surface area contributed by atoms with Crippen molar-refractivity contribution < 1.29 is 4.79 Å². The van der Waals surface area contributed by atoms with Crippen LogP contribution in [-0.2, 0) is 11.3 Å². The zero-order chi connectivity index (χ0) is 15.8. The van der Waals surface area contributed by atoms with Crippen LogP contribution in [0.25, 0.3) is 0 Å². The lowest BCUT2D eigenvalue weighted by atomic mass is 10.2. The molecular formula is C18H22N3O. The number of anilines is 2. The van der Waals surface area contributed by atoms with E-state index in [0.29, 0.717) is 13.1 Å². The largest absolute Gasteiger partial charge is 0.383 e. The zero-order valence-electron chi connectivity index (χ0n) is 13.1. The minimum atomic E-state index is -0.00778. The van der Waals surface area contributed by atoms with Crippen molar-refractivity contribution >= 4 is 17.3 Å². The average Bonchev–Trinajstić information content (AvgIpc) is 2.52. The van der Waals surface area contributed by atoms with Gasteiger partial charge in [-0.05, 0) is 42.0 Å². The molecule has 0 aliphatic heterocycles. The second kappa shape index (κ2) is 8.08. The Balaban J connectivity index is 1.89. The molecule has 0 aliphatic rings. The molecule has 0 atom stereocenters. The van der Waals surface area contributed by atoms with Gasteiger partial charge in [0.2, 0.25) is 5.91 Å². The summed E-state index contributed by atoms with van der Waals surface area (Å²) in [4.78, 5) is 13.0. The van der Waals surface area contributed by atoms with Crippen LogP contribution in [0, 0.1) is 6.07 Å². The summed E-state index contributed by atoms with van der Waals surface area (Å²) in [6.45, 7) is 3.66. The number of carbonyl (C=O) groups is 1. The van der Waals surface area contributed by atoms with Gasteiger partial charge in [0.15, 0.2) is 0 Å². The minimum absolute atomic E-state index is 0.00778. The highest BCUT2D eigenvalue weighted by Crippen LogP contribution is 2.16. The molecule has 4 nitrogen and oxygen atoms in total. The Morgan fingerprint density at radius 3 is 2.68 bits per heavy atom. The van der Waals surface area contributed by atoms with Crippen molar-refractivity contribution in [3.63, 3.8) is 0 Å². The van der Waals surface area contributed by atoms with Gasteiger partial charge in [0.25, 0.3) is 0 Å². The van der Waals surface area contributed by atoms with Crippen molar-refractivity contribution in [2.45, 2.75) is 13.5 Å². The van der Waals surface area contributed by atoms with E-state index in [0.717, 1.165) is 12.2 Å². The van der Waals surface area contributed by atoms with Crippen LogP contribution in [0.5, 0.6) is 0 Å². The van der Waals surface area contributed by atoms with Gasteiger partial charge in [-0.1, -0.05) is 18.2 Å². The van der Waals surface area contributed by atoms with E-state index in [1.54, 1.807) is 0 Å². The van der Waals surface area contributed by atoms with Crippen LogP contribution in [-0.4, -0.2) is 26.0 Å². The first-order valence-electron chi connectivity index (χ1n) is 7.39. The number of nitrogens with one attached hydrogen (secondary N) is 2. The molecule has 2 N–H and O–H groups in total. The van der Waals surface area contributed by atoms with Gasteiger partial charge in [0.05, 0.1) is 0 Å². The van der Waals surface area contributed by atoms with E-state index in [2.05, 4.69) is 46.8 Å². The maximum absolute atomic E-state index is 10.8. The molecule has 0 heterocycles. The van der Waals surface area contributed by atoms with Gasteiger partial charge in [-0.25, -0.2) is 0 Å². The number of hydrogen-bond donors (Lipinski definition) is 2. The fourth-order valence-corrected chi connectivity index (χ4v) is 2.21. The molecule has 4 heteroatoms. The van der Waals surface area contributed by atoms with Gasteiger partial charge in [-0.15, -0.1) is 0 Å². The normalized spacial score (nSPS) is 10.1. The lowest BCUT2D eigenvalue weighted by molar-refractivity contribution is -0.118. The summed E-state index contributed by atoms with van der Waals surface area (Å²) in [6.07, 6.45) is 0.